The molecule has 0 saturated heterocycles. The highest BCUT2D eigenvalue weighted by Crippen LogP contribution is 2.51. The number of rotatable bonds is 6. The lowest BCUT2D eigenvalue weighted by Gasteiger charge is -2.27. The molecule has 3 aromatic carbocycles. The van der Waals surface area contributed by atoms with Gasteiger partial charge in [-0.2, -0.15) is 0 Å². The molecule has 1 atom stereocenters. The molecule has 142 valence electrons. The predicted octanol–water partition coefficient (Wildman–Crippen LogP) is 4.71. The molecule has 4 nitrogen and oxygen atoms in total. The minimum Gasteiger partial charge on any atom is -0.461 e. The average molecular weight is 392 g/mol. The van der Waals surface area contributed by atoms with Gasteiger partial charge in [-0.3, -0.25) is 0 Å². The SMILES string of the molecule is C=C(Oc1ccc2c(c1)OCO2)[C@@H](C)P(=O)(c1ccccc1)c1ccccc1. The molecule has 4 rings (SSSR count). The van der Waals surface area contributed by atoms with Gasteiger partial charge in [0.15, 0.2) is 18.6 Å². The molecule has 1 heterocycles. The first-order valence-corrected chi connectivity index (χ1v) is 10.8. The highest BCUT2D eigenvalue weighted by atomic mass is 31.2. The molecule has 0 bridgehead atoms. The Morgan fingerprint density at radius 3 is 2.11 bits per heavy atom. The van der Waals surface area contributed by atoms with Gasteiger partial charge < -0.3 is 18.8 Å². The first-order chi connectivity index (χ1) is 13.6. The lowest BCUT2D eigenvalue weighted by atomic mass is 10.3. The predicted molar refractivity (Wildman–Crippen MR) is 112 cm³/mol. The van der Waals surface area contributed by atoms with Crippen LogP contribution in [-0.4, -0.2) is 12.5 Å². The van der Waals surface area contributed by atoms with E-state index in [1.165, 1.54) is 0 Å². The van der Waals surface area contributed by atoms with Gasteiger partial charge in [0.25, 0.3) is 0 Å². The molecular weight excluding hydrogens is 371 g/mol. The standard InChI is InChI=1S/C23H21O4P/c1-17(27-19-13-14-22-23(15-19)26-16-25-22)18(2)28(24,20-9-5-3-6-10-20)21-11-7-4-8-12-21/h3-15,18H,1,16H2,2H3/t18-/m1/s1. The maximum atomic E-state index is 14.3. The third kappa shape index (κ3) is 3.32. The van der Waals surface area contributed by atoms with Crippen molar-refractivity contribution in [3.05, 3.63) is 91.2 Å². The van der Waals surface area contributed by atoms with Gasteiger partial charge in [0.1, 0.15) is 11.5 Å². The van der Waals surface area contributed by atoms with Crippen molar-refractivity contribution in [2.75, 3.05) is 6.79 Å². The van der Waals surface area contributed by atoms with E-state index in [0.29, 0.717) is 23.0 Å². The van der Waals surface area contributed by atoms with Gasteiger partial charge in [0.05, 0.1) is 5.66 Å². The highest BCUT2D eigenvalue weighted by Gasteiger charge is 2.36. The summed E-state index contributed by atoms with van der Waals surface area (Å²) in [6.45, 7) is 6.19. The highest BCUT2D eigenvalue weighted by molar-refractivity contribution is 7.79. The van der Waals surface area contributed by atoms with Gasteiger partial charge >= 0.3 is 0 Å². The fourth-order valence-electron chi connectivity index (χ4n) is 3.27. The number of fused-ring (bicyclic) bond motifs is 1. The average Bonchev–Trinajstić information content (AvgIpc) is 3.21. The maximum Gasteiger partial charge on any atom is 0.231 e. The maximum absolute atomic E-state index is 14.3. The fourth-order valence-corrected chi connectivity index (χ4v) is 6.16. The Morgan fingerprint density at radius 2 is 1.50 bits per heavy atom. The van der Waals surface area contributed by atoms with Crippen molar-refractivity contribution in [2.45, 2.75) is 12.6 Å². The fraction of sp³-hybridized carbons (Fsp3) is 0.130. The summed E-state index contributed by atoms with van der Waals surface area (Å²) in [4.78, 5) is 0. The van der Waals surface area contributed by atoms with Crippen LogP contribution in [0.15, 0.2) is 91.2 Å². The first kappa shape index (κ1) is 18.4. The van der Waals surface area contributed by atoms with E-state index in [1.54, 1.807) is 18.2 Å². The minimum atomic E-state index is -3.00. The third-order valence-corrected chi connectivity index (χ3v) is 8.39. The van der Waals surface area contributed by atoms with E-state index >= 15 is 0 Å². The molecule has 0 spiro atoms. The monoisotopic (exact) mass is 392 g/mol. The second-order valence-corrected chi connectivity index (χ2v) is 9.71. The molecule has 0 unspecified atom stereocenters. The van der Waals surface area contributed by atoms with Crippen LogP contribution in [0, 0.1) is 0 Å². The van der Waals surface area contributed by atoms with Crippen LogP contribution in [0.5, 0.6) is 17.2 Å². The Labute approximate surface area is 164 Å². The largest absolute Gasteiger partial charge is 0.461 e. The molecule has 0 amide bonds. The Hall–Kier alpha value is -2.97. The molecule has 28 heavy (non-hydrogen) atoms. The molecular formula is C23H21O4P. The zero-order valence-corrected chi connectivity index (χ0v) is 16.5. The molecule has 0 N–H and O–H groups in total. The third-order valence-electron chi connectivity index (χ3n) is 4.88. The van der Waals surface area contributed by atoms with Gasteiger partial charge in [0, 0.05) is 16.7 Å². The molecule has 3 aromatic rings. The molecule has 1 aliphatic rings. The Morgan fingerprint density at radius 1 is 0.929 bits per heavy atom. The van der Waals surface area contributed by atoms with E-state index in [2.05, 4.69) is 6.58 Å². The second kappa shape index (κ2) is 7.57. The van der Waals surface area contributed by atoms with E-state index in [9.17, 15) is 4.57 Å². The quantitative estimate of drug-likeness (QED) is 0.450. The number of ether oxygens (including phenoxy) is 3. The molecule has 5 heteroatoms. The zero-order chi connectivity index (χ0) is 19.6. The minimum absolute atomic E-state index is 0.202. The number of hydrogen-bond donors (Lipinski definition) is 0. The van der Waals surface area contributed by atoms with E-state index in [0.717, 1.165) is 10.6 Å². The van der Waals surface area contributed by atoms with Crippen molar-refractivity contribution in [3.63, 3.8) is 0 Å². The van der Waals surface area contributed by atoms with Crippen LogP contribution in [0.3, 0.4) is 0 Å². The van der Waals surface area contributed by atoms with Crippen LogP contribution < -0.4 is 24.8 Å². The Kier molecular flexibility index (Phi) is 4.97. The van der Waals surface area contributed by atoms with Crippen molar-refractivity contribution >= 4 is 17.8 Å². The first-order valence-electron chi connectivity index (χ1n) is 9.06. The van der Waals surface area contributed by atoms with Crippen LogP contribution in [0.1, 0.15) is 6.92 Å². The van der Waals surface area contributed by atoms with Gasteiger partial charge in [-0.05, 0) is 19.1 Å². The van der Waals surface area contributed by atoms with Crippen molar-refractivity contribution in [1.82, 2.24) is 0 Å². The zero-order valence-electron chi connectivity index (χ0n) is 15.6. The van der Waals surface area contributed by atoms with E-state index in [4.69, 9.17) is 14.2 Å². The summed E-state index contributed by atoms with van der Waals surface area (Å²) in [6, 6.07) is 24.4. The number of benzene rings is 3. The molecule has 0 aliphatic carbocycles. The summed E-state index contributed by atoms with van der Waals surface area (Å²) in [5.41, 5.74) is -0.414. The number of hydrogen-bond acceptors (Lipinski definition) is 4. The lowest BCUT2D eigenvalue weighted by molar-refractivity contribution is 0.174. The van der Waals surface area contributed by atoms with E-state index in [-0.39, 0.29) is 6.79 Å². The van der Waals surface area contributed by atoms with E-state index < -0.39 is 12.8 Å². The molecule has 0 fully saturated rings. The topological polar surface area (TPSA) is 44.8 Å². The van der Waals surface area contributed by atoms with Crippen molar-refractivity contribution < 1.29 is 18.8 Å². The summed E-state index contributed by atoms with van der Waals surface area (Å²) in [7, 11) is -3.00. The molecule has 0 radical (unpaired) electrons. The summed E-state index contributed by atoms with van der Waals surface area (Å²) in [5, 5.41) is 1.56. The van der Waals surface area contributed by atoms with Crippen molar-refractivity contribution in [1.29, 1.82) is 0 Å². The molecule has 0 aromatic heterocycles. The van der Waals surface area contributed by atoms with Crippen LogP contribution in [0.4, 0.5) is 0 Å². The smallest absolute Gasteiger partial charge is 0.231 e. The molecule has 1 aliphatic heterocycles. The van der Waals surface area contributed by atoms with Crippen molar-refractivity contribution in [3.8, 4) is 17.2 Å². The Balaban J connectivity index is 1.67. The summed E-state index contributed by atoms with van der Waals surface area (Å²) in [5.74, 6) is 2.33. The van der Waals surface area contributed by atoms with Gasteiger partial charge in [-0.15, -0.1) is 0 Å². The van der Waals surface area contributed by atoms with Gasteiger partial charge in [-0.1, -0.05) is 67.2 Å². The summed E-state index contributed by atoms with van der Waals surface area (Å²) in [6.07, 6.45) is 0. The normalized spacial score (nSPS) is 13.8. The van der Waals surface area contributed by atoms with Crippen molar-refractivity contribution in [2.24, 2.45) is 0 Å². The summed E-state index contributed by atoms with van der Waals surface area (Å²) < 4.78 is 31.1. The van der Waals surface area contributed by atoms with Gasteiger partial charge in [-0.25, -0.2) is 0 Å². The number of allylic oxidation sites excluding steroid dienone is 1. The van der Waals surface area contributed by atoms with Crippen LogP contribution in [-0.2, 0) is 4.57 Å². The van der Waals surface area contributed by atoms with Gasteiger partial charge in [0.2, 0.25) is 6.79 Å². The summed E-state index contributed by atoms with van der Waals surface area (Å²) >= 11 is 0. The van der Waals surface area contributed by atoms with Crippen LogP contribution >= 0.6 is 7.14 Å². The van der Waals surface area contributed by atoms with E-state index in [1.807, 2.05) is 67.6 Å². The second-order valence-electron chi connectivity index (χ2n) is 6.59. The Bertz CT molecular complexity index is 987. The lowest BCUT2D eigenvalue weighted by Crippen LogP contribution is -2.26. The van der Waals surface area contributed by atoms with Crippen LogP contribution in [0.2, 0.25) is 0 Å². The molecule has 0 saturated carbocycles. The van der Waals surface area contributed by atoms with Crippen LogP contribution in [0.25, 0.3) is 0 Å².